The molecule has 0 unspecified atom stereocenters. The van der Waals surface area contributed by atoms with Gasteiger partial charge in [0.25, 0.3) is 5.91 Å². The summed E-state index contributed by atoms with van der Waals surface area (Å²) in [6.07, 6.45) is 0.271. The molecule has 1 aliphatic rings. The first kappa shape index (κ1) is 18.6. The van der Waals surface area contributed by atoms with Crippen molar-refractivity contribution >= 4 is 17.7 Å². The number of methoxy groups -OCH3 is 1. The molecule has 1 aliphatic heterocycles. The summed E-state index contributed by atoms with van der Waals surface area (Å²) in [5.41, 5.74) is -0.494. The highest BCUT2D eigenvalue weighted by Gasteiger charge is 2.51. The van der Waals surface area contributed by atoms with Crippen LogP contribution in [-0.4, -0.2) is 36.3 Å². The van der Waals surface area contributed by atoms with Crippen molar-refractivity contribution in [3.05, 3.63) is 65.5 Å². The third-order valence-electron chi connectivity index (χ3n) is 4.74. The number of benzene rings is 2. The van der Waals surface area contributed by atoms with Gasteiger partial charge in [0.15, 0.2) is 5.78 Å². The fourth-order valence-electron chi connectivity index (χ4n) is 3.17. The number of amides is 3. The molecule has 0 radical (unpaired) electrons. The number of carbonyl (C=O) groups is 3. The number of hydrogen-bond acceptors (Lipinski definition) is 4. The number of ether oxygens (including phenoxy) is 1. The number of nitrogens with one attached hydrogen (secondary N) is 1. The highest BCUT2D eigenvalue weighted by Crippen LogP contribution is 2.32. The van der Waals surface area contributed by atoms with E-state index in [1.165, 1.54) is 31.4 Å². The Bertz CT molecular complexity index is 897. The highest BCUT2D eigenvalue weighted by molar-refractivity contribution is 6.11. The van der Waals surface area contributed by atoms with E-state index in [0.717, 1.165) is 4.90 Å². The van der Waals surface area contributed by atoms with E-state index in [-0.39, 0.29) is 18.7 Å². The number of nitrogens with zero attached hydrogens (tertiary/aromatic N) is 1. The summed E-state index contributed by atoms with van der Waals surface area (Å²) < 4.78 is 18.3. The van der Waals surface area contributed by atoms with Crippen LogP contribution in [0.2, 0.25) is 0 Å². The molecule has 0 spiro atoms. The second-order valence-corrected chi connectivity index (χ2v) is 6.24. The number of imide groups is 1. The Morgan fingerprint density at radius 1 is 1.19 bits per heavy atom. The number of carbonyl (C=O) groups excluding carboxylic acids is 3. The zero-order valence-electron chi connectivity index (χ0n) is 15.0. The van der Waals surface area contributed by atoms with Crippen LogP contribution < -0.4 is 10.1 Å². The molecular weight excluding hydrogens is 351 g/mol. The number of halogens is 1. The standard InChI is InChI=1S/C20H19FN2O4/c1-3-20(14-7-9-15(21)10-8-14)18(25)23(19(26)22-20)12-17(24)13-5-4-6-16(11-13)27-2/h4-11H,3,12H2,1-2H3,(H,22,26)/t20-/m0/s1. The lowest BCUT2D eigenvalue weighted by atomic mass is 9.87. The Morgan fingerprint density at radius 3 is 2.52 bits per heavy atom. The molecule has 2 aromatic rings. The van der Waals surface area contributed by atoms with Crippen LogP contribution in [-0.2, 0) is 10.3 Å². The molecular formula is C20H19FN2O4. The molecule has 1 N–H and O–H groups in total. The van der Waals surface area contributed by atoms with Crippen molar-refractivity contribution in [1.82, 2.24) is 10.2 Å². The number of hydrogen-bond donors (Lipinski definition) is 1. The average molecular weight is 370 g/mol. The van der Waals surface area contributed by atoms with Gasteiger partial charge in [0.1, 0.15) is 17.1 Å². The Kier molecular flexibility index (Phi) is 4.94. The van der Waals surface area contributed by atoms with Crippen LogP contribution in [0.1, 0.15) is 29.3 Å². The van der Waals surface area contributed by atoms with E-state index in [9.17, 15) is 18.8 Å². The topological polar surface area (TPSA) is 75.7 Å². The Labute approximate surface area is 155 Å². The molecule has 1 fully saturated rings. The molecule has 1 heterocycles. The van der Waals surface area contributed by atoms with Crippen molar-refractivity contribution in [3.8, 4) is 5.75 Å². The zero-order chi connectivity index (χ0) is 19.6. The predicted molar refractivity (Wildman–Crippen MR) is 95.9 cm³/mol. The minimum atomic E-state index is -1.31. The predicted octanol–water partition coefficient (Wildman–Crippen LogP) is 2.87. The molecule has 0 saturated carbocycles. The molecule has 1 saturated heterocycles. The molecule has 3 rings (SSSR count). The van der Waals surface area contributed by atoms with Gasteiger partial charge < -0.3 is 10.1 Å². The summed E-state index contributed by atoms with van der Waals surface area (Å²) in [5.74, 6) is -0.847. The molecule has 6 nitrogen and oxygen atoms in total. The summed E-state index contributed by atoms with van der Waals surface area (Å²) >= 11 is 0. The highest BCUT2D eigenvalue weighted by atomic mass is 19.1. The number of rotatable bonds is 6. The van der Waals surface area contributed by atoms with E-state index in [0.29, 0.717) is 16.9 Å². The Hall–Kier alpha value is -3.22. The molecule has 0 aliphatic carbocycles. The lowest BCUT2D eigenvalue weighted by molar-refractivity contribution is -0.131. The van der Waals surface area contributed by atoms with E-state index < -0.39 is 23.3 Å². The summed E-state index contributed by atoms with van der Waals surface area (Å²) in [6, 6.07) is 11.2. The summed E-state index contributed by atoms with van der Waals surface area (Å²) in [4.78, 5) is 38.9. The van der Waals surface area contributed by atoms with Gasteiger partial charge in [-0.2, -0.15) is 0 Å². The van der Waals surface area contributed by atoms with Crippen LogP contribution in [0.25, 0.3) is 0 Å². The van der Waals surface area contributed by atoms with Crippen LogP contribution in [0.4, 0.5) is 9.18 Å². The van der Waals surface area contributed by atoms with Crippen molar-refractivity contribution in [2.24, 2.45) is 0 Å². The average Bonchev–Trinajstić information content (AvgIpc) is 2.93. The molecule has 7 heteroatoms. The quantitative estimate of drug-likeness (QED) is 0.627. The van der Waals surface area contributed by atoms with E-state index in [1.54, 1.807) is 31.2 Å². The lowest BCUT2D eigenvalue weighted by Crippen LogP contribution is -2.43. The van der Waals surface area contributed by atoms with Crippen LogP contribution in [0.3, 0.4) is 0 Å². The Balaban J connectivity index is 1.86. The maximum Gasteiger partial charge on any atom is 0.325 e. The maximum atomic E-state index is 13.2. The smallest absolute Gasteiger partial charge is 0.325 e. The maximum absolute atomic E-state index is 13.2. The van der Waals surface area contributed by atoms with Gasteiger partial charge in [-0.05, 0) is 36.2 Å². The summed E-state index contributed by atoms with van der Waals surface area (Å²) in [6.45, 7) is 1.36. The van der Waals surface area contributed by atoms with E-state index >= 15 is 0 Å². The molecule has 2 aromatic carbocycles. The third kappa shape index (κ3) is 3.28. The first-order valence-corrected chi connectivity index (χ1v) is 8.48. The van der Waals surface area contributed by atoms with Gasteiger partial charge in [0.2, 0.25) is 0 Å². The first-order valence-electron chi connectivity index (χ1n) is 8.48. The molecule has 0 bridgehead atoms. The fraction of sp³-hybridized carbons (Fsp3) is 0.250. The molecule has 1 atom stereocenters. The van der Waals surface area contributed by atoms with Crippen LogP contribution in [0, 0.1) is 5.82 Å². The van der Waals surface area contributed by atoms with Gasteiger partial charge in [0, 0.05) is 5.56 Å². The van der Waals surface area contributed by atoms with Crippen LogP contribution in [0.5, 0.6) is 5.75 Å². The van der Waals surface area contributed by atoms with Gasteiger partial charge in [-0.15, -0.1) is 0 Å². The molecule has 27 heavy (non-hydrogen) atoms. The number of ketones is 1. The Morgan fingerprint density at radius 2 is 1.89 bits per heavy atom. The van der Waals surface area contributed by atoms with E-state index in [4.69, 9.17) is 4.74 Å². The first-order chi connectivity index (χ1) is 12.9. The van der Waals surface area contributed by atoms with Crippen molar-refractivity contribution in [3.63, 3.8) is 0 Å². The second-order valence-electron chi connectivity index (χ2n) is 6.24. The number of urea groups is 1. The van der Waals surface area contributed by atoms with Crippen molar-refractivity contribution in [2.45, 2.75) is 18.9 Å². The molecule has 3 amide bonds. The van der Waals surface area contributed by atoms with Crippen LogP contribution >= 0.6 is 0 Å². The van der Waals surface area contributed by atoms with Gasteiger partial charge in [-0.25, -0.2) is 9.18 Å². The zero-order valence-corrected chi connectivity index (χ0v) is 15.0. The third-order valence-corrected chi connectivity index (χ3v) is 4.74. The summed E-state index contributed by atoms with van der Waals surface area (Å²) in [5, 5.41) is 2.67. The van der Waals surface area contributed by atoms with E-state index in [2.05, 4.69) is 5.32 Å². The monoisotopic (exact) mass is 370 g/mol. The van der Waals surface area contributed by atoms with Crippen molar-refractivity contribution in [1.29, 1.82) is 0 Å². The van der Waals surface area contributed by atoms with Crippen LogP contribution in [0.15, 0.2) is 48.5 Å². The van der Waals surface area contributed by atoms with E-state index in [1.807, 2.05) is 0 Å². The summed E-state index contributed by atoms with van der Waals surface area (Å²) in [7, 11) is 1.49. The number of Topliss-reactive ketones (excluding diaryl/α,β-unsaturated/α-hetero) is 1. The minimum absolute atomic E-state index is 0.271. The minimum Gasteiger partial charge on any atom is -0.497 e. The van der Waals surface area contributed by atoms with Crippen molar-refractivity contribution in [2.75, 3.05) is 13.7 Å². The fourth-order valence-corrected chi connectivity index (χ4v) is 3.17. The van der Waals surface area contributed by atoms with Gasteiger partial charge in [-0.1, -0.05) is 31.2 Å². The van der Waals surface area contributed by atoms with Gasteiger partial charge in [0.05, 0.1) is 13.7 Å². The largest absolute Gasteiger partial charge is 0.497 e. The molecule has 140 valence electrons. The molecule has 0 aromatic heterocycles. The normalized spacial score (nSPS) is 19.1. The van der Waals surface area contributed by atoms with Crippen molar-refractivity contribution < 1.29 is 23.5 Å². The second kappa shape index (κ2) is 7.19. The van der Waals surface area contributed by atoms with Gasteiger partial charge in [-0.3, -0.25) is 14.5 Å². The lowest BCUT2D eigenvalue weighted by Gasteiger charge is -2.25. The van der Waals surface area contributed by atoms with Gasteiger partial charge >= 0.3 is 6.03 Å². The SMILES string of the molecule is CC[C@@]1(c2ccc(F)cc2)NC(=O)N(CC(=O)c2cccc(OC)c2)C1=O.